The topological polar surface area (TPSA) is 40.9 Å². The van der Waals surface area contributed by atoms with Crippen LogP contribution in [0.1, 0.15) is 33.6 Å². The van der Waals surface area contributed by atoms with Crippen LogP contribution in [0, 0.1) is 4.78 Å². The summed E-state index contributed by atoms with van der Waals surface area (Å²) in [6, 6.07) is 0. The third kappa shape index (κ3) is 2.69. The van der Waals surface area contributed by atoms with Crippen LogP contribution >= 0.6 is 0 Å². The van der Waals surface area contributed by atoms with E-state index in [2.05, 4.69) is 0 Å². The highest BCUT2D eigenvalue weighted by molar-refractivity contribution is 7.92. The van der Waals surface area contributed by atoms with E-state index >= 15 is 0 Å². The van der Waals surface area contributed by atoms with Crippen LogP contribution in [0.5, 0.6) is 0 Å². The molecule has 0 heterocycles. The van der Waals surface area contributed by atoms with Crippen LogP contribution in [0.25, 0.3) is 0 Å². The maximum atomic E-state index is 11.4. The lowest BCUT2D eigenvalue weighted by molar-refractivity contribution is 0.659. The van der Waals surface area contributed by atoms with Crippen molar-refractivity contribution in [3.8, 4) is 0 Å². The van der Waals surface area contributed by atoms with Gasteiger partial charge in [-0.2, -0.15) is 0 Å². The first-order valence-corrected chi connectivity index (χ1v) is 5.59. The summed E-state index contributed by atoms with van der Waals surface area (Å²) in [4.78, 5) is 0. The van der Waals surface area contributed by atoms with Gasteiger partial charge in [0.25, 0.3) is 0 Å². The van der Waals surface area contributed by atoms with Gasteiger partial charge in [-0.25, -0.2) is 4.21 Å². The summed E-state index contributed by atoms with van der Waals surface area (Å²) in [7, 11) is -2.26. The molecule has 0 saturated heterocycles. The van der Waals surface area contributed by atoms with E-state index in [-0.39, 0.29) is 5.25 Å². The quantitative estimate of drug-likeness (QED) is 0.678. The Hall–Kier alpha value is -0.0500. The molecule has 3 heteroatoms. The molecule has 0 amide bonds. The van der Waals surface area contributed by atoms with Crippen molar-refractivity contribution >= 4 is 9.73 Å². The van der Waals surface area contributed by atoms with Gasteiger partial charge >= 0.3 is 0 Å². The molecule has 0 aromatic heterocycles. The summed E-state index contributed by atoms with van der Waals surface area (Å²) in [6.07, 6.45) is 1.70. The number of rotatable bonds is 4. The van der Waals surface area contributed by atoms with Crippen LogP contribution in [0.15, 0.2) is 0 Å². The first kappa shape index (κ1) is 9.95. The van der Waals surface area contributed by atoms with Crippen LogP contribution < -0.4 is 0 Å². The molecule has 0 rings (SSSR count). The molecule has 2 atom stereocenters. The average Bonchev–Trinajstić information content (AvgIpc) is 1.86. The molecule has 0 radical (unpaired) electrons. The Balaban J connectivity index is 4.12. The van der Waals surface area contributed by atoms with Crippen molar-refractivity contribution in [1.82, 2.24) is 0 Å². The predicted octanol–water partition coefficient (Wildman–Crippen LogP) is 2.24. The van der Waals surface area contributed by atoms with Gasteiger partial charge in [0.1, 0.15) is 0 Å². The van der Waals surface area contributed by atoms with Gasteiger partial charge in [-0.05, 0) is 19.8 Å². The molecule has 0 aromatic carbocycles. The van der Waals surface area contributed by atoms with E-state index in [0.29, 0.717) is 5.75 Å². The normalized spacial score (nSPS) is 19.9. The smallest absolute Gasteiger partial charge is 0.0467 e. The van der Waals surface area contributed by atoms with Crippen molar-refractivity contribution in [2.45, 2.75) is 38.9 Å². The van der Waals surface area contributed by atoms with Crippen molar-refractivity contribution in [2.24, 2.45) is 0 Å². The van der Waals surface area contributed by atoms with Gasteiger partial charge in [0, 0.05) is 20.7 Å². The zero-order valence-electron chi connectivity index (χ0n) is 7.02. The maximum Gasteiger partial charge on any atom is 0.0467 e. The molecule has 0 bridgehead atoms. The Morgan fingerprint density at radius 3 is 2.30 bits per heavy atom. The Morgan fingerprint density at radius 1 is 1.50 bits per heavy atom. The van der Waals surface area contributed by atoms with E-state index in [9.17, 15) is 4.21 Å². The Morgan fingerprint density at radius 2 is 2.00 bits per heavy atom. The Labute approximate surface area is 64.0 Å². The summed E-state index contributed by atoms with van der Waals surface area (Å²) in [5.41, 5.74) is 0. The van der Waals surface area contributed by atoms with Crippen LogP contribution in [-0.4, -0.2) is 15.2 Å². The van der Waals surface area contributed by atoms with Gasteiger partial charge in [0.05, 0.1) is 0 Å². The minimum atomic E-state index is -2.26. The summed E-state index contributed by atoms with van der Waals surface area (Å²) >= 11 is 0. The highest BCUT2D eigenvalue weighted by Crippen LogP contribution is 2.07. The second-order valence-corrected chi connectivity index (χ2v) is 5.31. The summed E-state index contributed by atoms with van der Waals surface area (Å²) < 4.78 is 18.8. The van der Waals surface area contributed by atoms with Gasteiger partial charge in [0.15, 0.2) is 0 Å². The van der Waals surface area contributed by atoms with E-state index in [1.54, 1.807) is 0 Å². The molecule has 0 aliphatic carbocycles. The second kappa shape index (κ2) is 3.96. The first-order chi connectivity index (χ1) is 4.54. The lowest BCUT2D eigenvalue weighted by atomic mass is 10.4. The van der Waals surface area contributed by atoms with Crippen molar-refractivity contribution in [1.29, 1.82) is 4.78 Å². The number of hydrogen-bond donors (Lipinski definition) is 1. The summed E-state index contributed by atoms with van der Waals surface area (Å²) in [5, 5.41) is 0.0625. The third-order valence-corrected chi connectivity index (χ3v) is 4.38. The largest absolute Gasteiger partial charge is 0.253 e. The molecular weight excluding hydrogens is 146 g/mol. The number of hydrogen-bond acceptors (Lipinski definition) is 2. The molecular formula is C7H17NOS. The van der Waals surface area contributed by atoms with Crippen molar-refractivity contribution < 1.29 is 4.21 Å². The maximum absolute atomic E-state index is 11.4. The zero-order valence-corrected chi connectivity index (χ0v) is 7.83. The summed E-state index contributed by atoms with van der Waals surface area (Å²) in [5.74, 6) is 0.558. The van der Waals surface area contributed by atoms with Gasteiger partial charge in [-0.1, -0.05) is 13.8 Å². The first-order valence-electron chi connectivity index (χ1n) is 3.79. The van der Waals surface area contributed by atoms with E-state index in [1.807, 2.05) is 20.8 Å². The van der Waals surface area contributed by atoms with Crippen LogP contribution in [0.4, 0.5) is 0 Å². The van der Waals surface area contributed by atoms with Crippen molar-refractivity contribution in [3.63, 3.8) is 0 Å². The fourth-order valence-electron chi connectivity index (χ4n) is 0.774. The molecule has 1 N–H and O–H groups in total. The van der Waals surface area contributed by atoms with Gasteiger partial charge in [-0.15, -0.1) is 0 Å². The van der Waals surface area contributed by atoms with Gasteiger partial charge in [0.2, 0.25) is 0 Å². The molecule has 0 aliphatic rings. The highest BCUT2D eigenvalue weighted by Gasteiger charge is 2.12. The van der Waals surface area contributed by atoms with Crippen molar-refractivity contribution in [3.05, 3.63) is 0 Å². The predicted molar refractivity (Wildman–Crippen MR) is 45.8 cm³/mol. The fraction of sp³-hybridized carbons (Fsp3) is 1.00. The SMILES string of the molecule is CCC[S@@](=N)(=O)[C@H](C)CC. The Bertz CT molecular complexity index is 172. The minimum absolute atomic E-state index is 0.0625. The molecule has 0 aromatic rings. The third-order valence-electron chi connectivity index (χ3n) is 1.73. The fourth-order valence-corrected chi connectivity index (χ4v) is 2.32. The average molecular weight is 163 g/mol. The Kier molecular flexibility index (Phi) is 3.94. The minimum Gasteiger partial charge on any atom is -0.253 e. The van der Waals surface area contributed by atoms with E-state index in [4.69, 9.17) is 4.78 Å². The van der Waals surface area contributed by atoms with Crippen LogP contribution in [-0.2, 0) is 9.73 Å². The molecule has 10 heavy (non-hydrogen) atoms. The molecule has 0 spiro atoms. The number of nitrogens with one attached hydrogen (secondary N) is 1. The van der Waals surface area contributed by atoms with Crippen LogP contribution in [0.2, 0.25) is 0 Å². The van der Waals surface area contributed by atoms with E-state index in [0.717, 1.165) is 12.8 Å². The summed E-state index contributed by atoms with van der Waals surface area (Å²) in [6.45, 7) is 5.84. The highest BCUT2D eigenvalue weighted by atomic mass is 32.2. The monoisotopic (exact) mass is 163 g/mol. The standard InChI is InChI=1S/C7H17NOS/c1-4-6-10(8,9)7(3)5-2/h7-8H,4-6H2,1-3H3/t7-,10-/m1/s1. The lowest BCUT2D eigenvalue weighted by Crippen LogP contribution is -2.18. The van der Waals surface area contributed by atoms with E-state index < -0.39 is 9.73 Å². The zero-order chi connectivity index (χ0) is 8.20. The van der Waals surface area contributed by atoms with E-state index in [1.165, 1.54) is 0 Å². The van der Waals surface area contributed by atoms with Crippen molar-refractivity contribution in [2.75, 3.05) is 5.75 Å². The molecule has 0 saturated carbocycles. The molecule has 2 nitrogen and oxygen atoms in total. The molecule has 62 valence electrons. The second-order valence-electron chi connectivity index (χ2n) is 2.65. The van der Waals surface area contributed by atoms with Gasteiger partial charge in [-0.3, -0.25) is 4.78 Å². The van der Waals surface area contributed by atoms with Gasteiger partial charge < -0.3 is 0 Å². The molecule has 0 unspecified atom stereocenters. The lowest BCUT2D eigenvalue weighted by Gasteiger charge is -2.11. The molecule has 0 aliphatic heterocycles. The molecule has 0 fully saturated rings. The van der Waals surface area contributed by atoms with Crippen LogP contribution in [0.3, 0.4) is 0 Å².